The van der Waals surface area contributed by atoms with Gasteiger partial charge in [-0.3, -0.25) is 4.79 Å². The molecule has 0 radical (unpaired) electrons. The van der Waals surface area contributed by atoms with Gasteiger partial charge in [0.15, 0.2) is 0 Å². The van der Waals surface area contributed by atoms with Crippen LogP contribution in [-0.2, 0) is 11.2 Å². The van der Waals surface area contributed by atoms with Crippen molar-refractivity contribution in [1.82, 2.24) is 4.98 Å². The molecule has 3 aromatic rings. The minimum absolute atomic E-state index is 0.114. The van der Waals surface area contributed by atoms with E-state index in [1.54, 1.807) is 0 Å². The van der Waals surface area contributed by atoms with Crippen molar-refractivity contribution in [2.45, 2.75) is 25.3 Å². The number of rotatable bonds is 5. The lowest BCUT2D eigenvalue weighted by Crippen LogP contribution is -2.15. The quantitative estimate of drug-likeness (QED) is 0.669. The summed E-state index contributed by atoms with van der Waals surface area (Å²) < 4.78 is 0. The molecule has 0 saturated carbocycles. The summed E-state index contributed by atoms with van der Waals surface area (Å²) in [6.45, 7) is 4.04. The van der Waals surface area contributed by atoms with Gasteiger partial charge in [-0.05, 0) is 48.7 Å². The number of aryl methyl sites for hydroxylation is 2. The molecule has 2 aromatic carbocycles. The summed E-state index contributed by atoms with van der Waals surface area (Å²) >= 11 is 1.28. The van der Waals surface area contributed by atoms with Crippen molar-refractivity contribution >= 4 is 34.3 Å². The van der Waals surface area contributed by atoms with Gasteiger partial charge in [0.25, 0.3) is 0 Å². The maximum absolute atomic E-state index is 12.2. The Labute approximate surface area is 157 Å². The van der Waals surface area contributed by atoms with Crippen LogP contribution in [0.1, 0.15) is 23.6 Å². The fourth-order valence-electron chi connectivity index (χ4n) is 2.65. The van der Waals surface area contributed by atoms with E-state index < -0.39 is 0 Å². The van der Waals surface area contributed by atoms with E-state index in [4.69, 9.17) is 0 Å². The van der Waals surface area contributed by atoms with Crippen LogP contribution in [0.25, 0.3) is 10.9 Å². The maximum atomic E-state index is 12.2. The third kappa shape index (κ3) is 4.04. The number of benzene rings is 2. The highest BCUT2D eigenvalue weighted by Gasteiger charge is 2.11. The second-order valence-electron chi connectivity index (χ2n) is 5.99. The van der Waals surface area contributed by atoms with Gasteiger partial charge in [0.1, 0.15) is 11.1 Å². The summed E-state index contributed by atoms with van der Waals surface area (Å²) in [4.78, 5) is 16.8. The first kappa shape index (κ1) is 18.0. The number of hydrogen-bond donors (Lipinski definition) is 1. The Kier molecular flexibility index (Phi) is 5.55. The van der Waals surface area contributed by atoms with Crippen molar-refractivity contribution in [3.8, 4) is 6.07 Å². The van der Waals surface area contributed by atoms with Crippen molar-refractivity contribution in [3.63, 3.8) is 0 Å². The number of carbonyl (C=O) groups excluding carboxylic acids is 1. The Bertz CT molecular complexity index is 1010. The van der Waals surface area contributed by atoms with Gasteiger partial charge >= 0.3 is 0 Å². The molecule has 0 aliphatic carbocycles. The molecule has 1 heterocycles. The molecule has 0 fully saturated rings. The Morgan fingerprint density at radius 1 is 1.23 bits per heavy atom. The number of thioether (sulfide) groups is 1. The average molecular weight is 361 g/mol. The summed E-state index contributed by atoms with van der Waals surface area (Å²) in [5.41, 5.74) is 4.36. The molecule has 0 aliphatic rings. The molecule has 1 amide bonds. The zero-order chi connectivity index (χ0) is 18.5. The van der Waals surface area contributed by atoms with Crippen molar-refractivity contribution in [3.05, 3.63) is 65.2 Å². The highest BCUT2D eigenvalue weighted by atomic mass is 32.2. The largest absolute Gasteiger partial charge is 0.325 e. The monoisotopic (exact) mass is 361 g/mol. The highest BCUT2D eigenvalue weighted by Crippen LogP contribution is 2.26. The fourth-order valence-corrected chi connectivity index (χ4v) is 3.41. The van der Waals surface area contributed by atoms with Gasteiger partial charge in [0, 0.05) is 11.1 Å². The number of nitriles is 1. The number of anilines is 1. The number of nitrogens with zero attached hydrogens (tertiary/aromatic N) is 2. The minimum Gasteiger partial charge on any atom is -0.325 e. The van der Waals surface area contributed by atoms with Gasteiger partial charge < -0.3 is 5.32 Å². The van der Waals surface area contributed by atoms with E-state index in [2.05, 4.69) is 29.4 Å². The first-order valence-electron chi connectivity index (χ1n) is 8.42. The second-order valence-corrected chi connectivity index (χ2v) is 6.95. The number of fused-ring (bicyclic) bond motifs is 1. The summed E-state index contributed by atoms with van der Waals surface area (Å²) in [6, 6.07) is 17.8. The van der Waals surface area contributed by atoms with Crippen LogP contribution < -0.4 is 5.32 Å². The minimum atomic E-state index is -0.114. The molecule has 0 bridgehead atoms. The lowest BCUT2D eigenvalue weighted by atomic mass is 10.1. The molecule has 26 heavy (non-hydrogen) atoms. The van der Waals surface area contributed by atoms with Crippen molar-refractivity contribution < 1.29 is 4.79 Å². The maximum Gasteiger partial charge on any atom is 0.234 e. The fraction of sp³-hybridized carbons (Fsp3) is 0.190. The van der Waals surface area contributed by atoms with Crippen molar-refractivity contribution in [2.75, 3.05) is 11.1 Å². The van der Waals surface area contributed by atoms with Crippen molar-refractivity contribution in [2.24, 2.45) is 0 Å². The standard InChI is InChI=1S/C21H19N3OS/c1-3-15-8-9-19-16(10-15)11-17(12-22)21(24-19)26-13-20(25)23-18-7-5-4-6-14(18)2/h4-11H,3,13H2,1-2H3,(H,23,25). The molecule has 0 saturated heterocycles. The summed E-state index contributed by atoms with van der Waals surface area (Å²) in [5, 5.41) is 13.9. The molecule has 130 valence electrons. The van der Waals surface area contributed by atoms with Crippen LogP contribution in [0.4, 0.5) is 5.69 Å². The number of nitrogens with one attached hydrogen (secondary N) is 1. The van der Waals surface area contributed by atoms with Crippen LogP contribution in [-0.4, -0.2) is 16.6 Å². The number of pyridine rings is 1. The van der Waals surface area contributed by atoms with E-state index in [0.29, 0.717) is 10.6 Å². The molecule has 0 atom stereocenters. The molecule has 0 unspecified atom stereocenters. The Morgan fingerprint density at radius 3 is 2.77 bits per heavy atom. The zero-order valence-corrected chi connectivity index (χ0v) is 15.6. The first-order valence-corrected chi connectivity index (χ1v) is 9.41. The van der Waals surface area contributed by atoms with E-state index in [1.807, 2.05) is 49.4 Å². The molecule has 5 heteroatoms. The van der Waals surface area contributed by atoms with Gasteiger partial charge in [-0.15, -0.1) is 0 Å². The van der Waals surface area contributed by atoms with Gasteiger partial charge in [0.05, 0.1) is 16.8 Å². The summed E-state index contributed by atoms with van der Waals surface area (Å²) in [5.74, 6) is 0.0885. The summed E-state index contributed by atoms with van der Waals surface area (Å²) in [7, 11) is 0. The van der Waals surface area contributed by atoms with Gasteiger partial charge in [0.2, 0.25) is 5.91 Å². The normalized spacial score (nSPS) is 10.5. The van der Waals surface area contributed by atoms with Crippen LogP contribution in [0.3, 0.4) is 0 Å². The molecule has 4 nitrogen and oxygen atoms in total. The number of amides is 1. The second kappa shape index (κ2) is 8.03. The number of hydrogen-bond acceptors (Lipinski definition) is 4. The van der Waals surface area contributed by atoms with Gasteiger partial charge in [-0.2, -0.15) is 5.26 Å². The lowest BCUT2D eigenvalue weighted by molar-refractivity contribution is -0.113. The molecule has 0 aliphatic heterocycles. The van der Waals surface area contributed by atoms with Gasteiger partial charge in [-0.25, -0.2) is 4.98 Å². The SMILES string of the molecule is CCc1ccc2nc(SCC(=O)Nc3ccccc3C)c(C#N)cc2c1. The number of aromatic nitrogens is 1. The molecule has 1 aromatic heterocycles. The average Bonchev–Trinajstić information content (AvgIpc) is 2.67. The van der Waals surface area contributed by atoms with Crippen molar-refractivity contribution in [1.29, 1.82) is 5.26 Å². The highest BCUT2D eigenvalue weighted by molar-refractivity contribution is 8.00. The number of para-hydroxylation sites is 1. The molecule has 0 spiro atoms. The van der Waals surface area contributed by atoms with E-state index in [-0.39, 0.29) is 11.7 Å². The lowest BCUT2D eigenvalue weighted by Gasteiger charge is -2.09. The number of carbonyl (C=O) groups is 1. The summed E-state index contributed by atoms with van der Waals surface area (Å²) in [6.07, 6.45) is 0.938. The Balaban J connectivity index is 1.77. The molecule has 1 N–H and O–H groups in total. The van der Waals surface area contributed by atoms with E-state index >= 15 is 0 Å². The third-order valence-electron chi connectivity index (χ3n) is 4.13. The van der Waals surface area contributed by atoms with Crippen LogP contribution in [0, 0.1) is 18.3 Å². The topological polar surface area (TPSA) is 65.8 Å². The van der Waals surface area contributed by atoms with E-state index in [9.17, 15) is 10.1 Å². The van der Waals surface area contributed by atoms with Gasteiger partial charge in [-0.1, -0.05) is 43.0 Å². The Morgan fingerprint density at radius 2 is 2.04 bits per heavy atom. The van der Waals surface area contributed by atoms with Crippen LogP contribution >= 0.6 is 11.8 Å². The molecular formula is C21H19N3OS. The van der Waals surface area contributed by atoms with E-state index in [1.165, 1.54) is 17.3 Å². The predicted molar refractivity (Wildman–Crippen MR) is 106 cm³/mol. The van der Waals surface area contributed by atoms with Crippen LogP contribution in [0.2, 0.25) is 0 Å². The zero-order valence-electron chi connectivity index (χ0n) is 14.7. The van der Waals surface area contributed by atoms with Crippen LogP contribution in [0.15, 0.2) is 53.6 Å². The van der Waals surface area contributed by atoms with Crippen LogP contribution in [0.5, 0.6) is 0 Å². The molecule has 3 rings (SSSR count). The Hall–Kier alpha value is -2.84. The smallest absolute Gasteiger partial charge is 0.234 e. The predicted octanol–water partition coefficient (Wildman–Crippen LogP) is 4.71. The first-order chi connectivity index (χ1) is 12.6. The van der Waals surface area contributed by atoms with E-state index in [0.717, 1.165) is 28.6 Å². The third-order valence-corrected chi connectivity index (χ3v) is 5.12. The molecular weight excluding hydrogens is 342 g/mol.